The number of hydrogen-bond acceptors (Lipinski definition) is 3. The van der Waals surface area contributed by atoms with E-state index in [-0.39, 0.29) is 23.8 Å². The summed E-state index contributed by atoms with van der Waals surface area (Å²) in [4.78, 5) is 22.2. The molecule has 1 saturated carbocycles. The second kappa shape index (κ2) is 5.70. The molecule has 0 unspecified atom stereocenters. The van der Waals surface area contributed by atoms with Crippen molar-refractivity contribution in [2.45, 2.75) is 31.7 Å². The van der Waals surface area contributed by atoms with Crippen LogP contribution in [0.25, 0.3) is 0 Å². The Hall–Kier alpha value is -1.10. The molecule has 0 spiro atoms. The number of primary amides is 1. The fourth-order valence-corrected chi connectivity index (χ4v) is 1.96. The lowest BCUT2D eigenvalue weighted by molar-refractivity contribution is -0.123. The summed E-state index contributed by atoms with van der Waals surface area (Å²) in [6.07, 6.45) is 3.28. The Labute approximate surface area is 89.8 Å². The summed E-state index contributed by atoms with van der Waals surface area (Å²) in [7, 11) is 1.74. The maximum absolute atomic E-state index is 11.3. The average Bonchev–Trinajstić information content (AvgIpc) is 2.18. The van der Waals surface area contributed by atoms with Crippen molar-refractivity contribution in [3.05, 3.63) is 0 Å². The molecule has 0 aromatic carbocycles. The van der Waals surface area contributed by atoms with Gasteiger partial charge < -0.3 is 16.4 Å². The Balaban J connectivity index is 2.25. The first-order valence-electron chi connectivity index (χ1n) is 5.36. The van der Waals surface area contributed by atoms with E-state index in [9.17, 15) is 9.59 Å². The Morgan fingerprint density at radius 1 is 1.27 bits per heavy atom. The Morgan fingerprint density at radius 3 is 2.33 bits per heavy atom. The minimum absolute atomic E-state index is 0.00227. The maximum atomic E-state index is 11.3. The third kappa shape index (κ3) is 3.87. The fourth-order valence-electron chi connectivity index (χ4n) is 1.96. The van der Waals surface area contributed by atoms with Crippen molar-refractivity contribution in [1.29, 1.82) is 0 Å². The van der Waals surface area contributed by atoms with Gasteiger partial charge in [0.05, 0.1) is 6.54 Å². The van der Waals surface area contributed by atoms with E-state index in [0.29, 0.717) is 6.54 Å². The molecule has 0 radical (unpaired) electrons. The van der Waals surface area contributed by atoms with E-state index in [1.807, 2.05) is 0 Å². The van der Waals surface area contributed by atoms with Crippen molar-refractivity contribution in [2.75, 3.05) is 13.6 Å². The molecule has 1 fully saturated rings. The molecule has 15 heavy (non-hydrogen) atoms. The molecule has 0 aromatic rings. The van der Waals surface area contributed by atoms with Crippen LogP contribution in [0.4, 0.5) is 0 Å². The first-order valence-corrected chi connectivity index (χ1v) is 5.36. The zero-order chi connectivity index (χ0) is 11.3. The molecule has 4 N–H and O–H groups in total. The predicted molar refractivity (Wildman–Crippen MR) is 57.0 cm³/mol. The van der Waals surface area contributed by atoms with Crippen LogP contribution in [0.3, 0.4) is 0 Å². The molecule has 5 heteroatoms. The largest absolute Gasteiger partial charge is 0.369 e. The Morgan fingerprint density at radius 2 is 1.87 bits per heavy atom. The Bertz CT molecular complexity index is 235. The van der Waals surface area contributed by atoms with E-state index < -0.39 is 0 Å². The van der Waals surface area contributed by atoms with Gasteiger partial charge in [-0.3, -0.25) is 9.59 Å². The highest BCUT2D eigenvalue weighted by molar-refractivity contribution is 5.78. The van der Waals surface area contributed by atoms with Crippen molar-refractivity contribution in [3.8, 4) is 0 Å². The van der Waals surface area contributed by atoms with Gasteiger partial charge >= 0.3 is 0 Å². The van der Waals surface area contributed by atoms with Gasteiger partial charge in [0.2, 0.25) is 11.8 Å². The molecule has 0 bridgehead atoms. The van der Waals surface area contributed by atoms with E-state index in [1.165, 1.54) is 0 Å². The summed E-state index contributed by atoms with van der Waals surface area (Å²) in [6, 6.07) is 0.210. The zero-order valence-corrected chi connectivity index (χ0v) is 9.08. The second-order valence-corrected chi connectivity index (χ2v) is 4.05. The van der Waals surface area contributed by atoms with Crippen LogP contribution < -0.4 is 16.4 Å². The summed E-state index contributed by atoms with van der Waals surface area (Å²) in [5, 5.41) is 5.72. The third-order valence-electron chi connectivity index (χ3n) is 2.83. The molecule has 1 rings (SSSR count). The highest BCUT2D eigenvalue weighted by Crippen LogP contribution is 2.23. The van der Waals surface area contributed by atoms with Crippen LogP contribution in [0, 0.1) is 5.92 Å². The van der Waals surface area contributed by atoms with Gasteiger partial charge in [0.15, 0.2) is 0 Å². The summed E-state index contributed by atoms with van der Waals surface area (Å²) in [5.41, 5.74) is 5.23. The lowest BCUT2D eigenvalue weighted by atomic mass is 9.85. The van der Waals surface area contributed by atoms with Crippen LogP contribution in [-0.2, 0) is 9.59 Å². The minimum atomic E-state index is -0.213. The molecule has 0 aromatic heterocycles. The van der Waals surface area contributed by atoms with Gasteiger partial charge in [-0.1, -0.05) is 0 Å². The fraction of sp³-hybridized carbons (Fsp3) is 0.800. The zero-order valence-electron chi connectivity index (χ0n) is 9.08. The first kappa shape index (κ1) is 12.0. The highest BCUT2D eigenvalue weighted by Gasteiger charge is 2.25. The molecule has 5 nitrogen and oxygen atoms in total. The average molecular weight is 213 g/mol. The monoisotopic (exact) mass is 213 g/mol. The summed E-state index contributed by atoms with van der Waals surface area (Å²) < 4.78 is 0. The van der Waals surface area contributed by atoms with Gasteiger partial charge in [0.25, 0.3) is 0 Å². The lowest BCUT2D eigenvalue weighted by Crippen LogP contribution is -2.42. The predicted octanol–water partition coefficient (Wildman–Crippen LogP) is -0.634. The number of likely N-dealkylation sites (N-methyl/N-ethyl adjacent to an activating group) is 1. The smallest absolute Gasteiger partial charge is 0.234 e. The quantitative estimate of drug-likeness (QED) is 0.581. The number of rotatable bonds is 4. The van der Waals surface area contributed by atoms with Crippen molar-refractivity contribution in [3.63, 3.8) is 0 Å². The van der Waals surface area contributed by atoms with Gasteiger partial charge in [0, 0.05) is 12.0 Å². The van der Waals surface area contributed by atoms with Crippen molar-refractivity contribution >= 4 is 11.8 Å². The van der Waals surface area contributed by atoms with E-state index >= 15 is 0 Å². The topological polar surface area (TPSA) is 84.2 Å². The van der Waals surface area contributed by atoms with Crippen LogP contribution in [0.1, 0.15) is 25.7 Å². The SMILES string of the molecule is CNCC(=O)NC1CCC(C(N)=O)CC1. The molecular weight excluding hydrogens is 194 g/mol. The van der Waals surface area contributed by atoms with E-state index in [2.05, 4.69) is 10.6 Å². The third-order valence-corrected chi connectivity index (χ3v) is 2.83. The minimum Gasteiger partial charge on any atom is -0.369 e. The number of hydrogen-bond donors (Lipinski definition) is 3. The molecule has 2 amide bonds. The van der Waals surface area contributed by atoms with E-state index in [4.69, 9.17) is 5.73 Å². The molecule has 1 aliphatic rings. The number of nitrogens with one attached hydrogen (secondary N) is 2. The lowest BCUT2D eigenvalue weighted by Gasteiger charge is -2.27. The number of amides is 2. The van der Waals surface area contributed by atoms with Gasteiger partial charge in [-0.2, -0.15) is 0 Å². The van der Waals surface area contributed by atoms with Crippen molar-refractivity contribution in [1.82, 2.24) is 10.6 Å². The first-order chi connectivity index (χ1) is 7.13. The van der Waals surface area contributed by atoms with Crippen molar-refractivity contribution in [2.24, 2.45) is 11.7 Å². The molecule has 0 aliphatic heterocycles. The number of carbonyl (C=O) groups is 2. The van der Waals surface area contributed by atoms with Crippen LogP contribution in [0.5, 0.6) is 0 Å². The van der Waals surface area contributed by atoms with Crippen LogP contribution in [-0.4, -0.2) is 31.4 Å². The number of carbonyl (C=O) groups excluding carboxylic acids is 2. The molecule has 0 saturated heterocycles. The highest BCUT2D eigenvalue weighted by atomic mass is 16.2. The summed E-state index contributed by atoms with van der Waals surface area (Å²) in [6.45, 7) is 0.343. The van der Waals surface area contributed by atoms with Gasteiger partial charge in [0.1, 0.15) is 0 Å². The molecule has 0 atom stereocenters. The standard InChI is InChI=1S/C10H19N3O2/c1-12-6-9(14)13-8-4-2-7(3-5-8)10(11)15/h7-8,12H,2-6H2,1H3,(H2,11,15)(H,13,14). The van der Waals surface area contributed by atoms with Gasteiger partial charge in [-0.15, -0.1) is 0 Å². The normalized spacial score (nSPS) is 25.9. The molecule has 86 valence electrons. The molecular formula is C10H19N3O2. The summed E-state index contributed by atoms with van der Waals surface area (Å²) in [5.74, 6) is -0.197. The van der Waals surface area contributed by atoms with E-state index in [1.54, 1.807) is 7.05 Å². The van der Waals surface area contributed by atoms with Crippen molar-refractivity contribution < 1.29 is 9.59 Å². The van der Waals surface area contributed by atoms with Gasteiger partial charge in [-0.25, -0.2) is 0 Å². The second-order valence-electron chi connectivity index (χ2n) is 4.05. The van der Waals surface area contributed by atoms with Gasteiger partial charge in [-0.05, 0) is 32.7 Å². The maximum Gasteiger partial charge on any atom is 0.234 e. The van der Waals surface area contributed by atoms with E-state index in [0.717, 1.165) is 25.7 Å². The summed E-state index contributed by atoms with van der Waals surface area (Å²) >= 11 is 0. The molecule has 1 aliphatic carbocycles. The molecule has 0 heterocycles. The van der Waals surface area contributed by atoms with Crippen LogP contribution in [0.15, 0.2) is 0 Å². The van der Waals surface area contributed by atoms with Crippen LogP contribution >= 0.6 is 0 Å². The Kier molecular flexibility index (Phi) is 4.55. The van der Waals surface area contributed by atoms with Crippen LogP contribution in [0.2, 0.25) is 0 Å². The number of nitrogens with two attached hydrogens (primary N) is 1.